The number of pyridine rings is 1. The van der Waals surface area contributed by atoms with Gasteiger partial charge in [0.25, 0.3) is 0 Å². The van der Waals surface area contributed by atoms with Gasteiger partial charge >= 0.3 is 0 Å². The molecule has 0 unspecified atom stereocenters. The maximum atomic E-state index is 11.0. The predicted octanol–water partition coefficient (Wildman–Crippen LogP) is 1.60. The van der Waals surface area contributed by atoms with E-state index in [9.17, 15) is 4.79 Å². The van der Waals surface area contributed by atoms with Gasteiger partial charge in [0.1, 0.15) is 5.82 Å². The number of halogens is 1. The Hall–Kier alpha value is -1.66. The molecule has 110 valence electrons. The van der Waals surface area contributed by atoms with Crippen molar-refractivity contribution in [2.75, 3.05) is 37.6 Å². The van der Waals surface area contributed by atoms with Crippen molar-refractivity contribution in [1.82, 2.24) is 9.88 Å². The monoisotopic (exact) mass is 348 g/mol. The van der Waals surface area contributed by atoms with Gasteiger partial charge in [-0.3, -0.25) is 9.69 Å². The summed E-state index contributed by atoms with van der Waals surface area (Å²) in [5.41, 5.74) is 6.22. The number of carbonyl (C=O) groups excluding carboxylic acids is 1. The van der Waals surface area contributed by atoms with Gasteiger partial charge in [0.15, 0.2) is 0 Å². The van der Waals surface area contributed by atoms with Crippen molar-refractivity contribution in [1.29, 1.82) is 0 Å². The highest BCUT2D eigenvalue weighted by molar-refractivity contribution is 9.10. The summed E-state index contributed by atoms with van der Waals surface area (Å²) < 4.78 is 1.01. The molecular weight excluding hydrogens is 332 g/mol. The number of hydrogen-bond donors (Lipinski definition) is 1. The Morgan fingerprint density at radius 1 is 1.19 bits per heavy atom. The molecule has 21 heavy (non-hydrogen) atoms. The lowest BCUT2D eigenvalue weighted by molar-refractivity contribution is -0.119. The Kier molecular flexibility index (Phi) is 4.07. The fraction of sp³-hybridized carbons (Fsp3) is 0.333. The van der Waals surface area contributed by atoms with Crippen LogP contribution in [0, 0.1) is 0 Å². The van der Waals surface area contributed by atoms with Crippen LogP contribution in [-0.2, 0) is 4.79 Å². The molecule has 2 heterocycles. The molecule has 0 aliphatic carbocycles. The zero-order valence-corrected chi connectivity index (χ0v) is 13.2. The third-order valence-electron chi connectivity index (χ3n) is 3.73. The number of nitrogens with zero attached hydrogens (tertiary/aromatic N) is 3. The van der Waals surface area contributed by atoms with Crippen LogP contribution in [0.5, 0.6) is 0 Å². The summed E-state index contributed by atoms with van der Waals surface area (Å²) in [6, 6.07) is 10.2. The lowest BCUT2D eigenvalue weighted by atomic mass is 10.2. The van der Waals surface area contributed by atoms with Crippen LogP contribution in [-0.4, -0.2) is 48.5 Å². The number of anilines is 1. The first-order chi connectivity index (χ1) is 10.1. The number of hydrogen-bond acceptors (Lipinski definition) is 4. The molecule has 0 saturated carbocycles. The summed E-state index contributed by atoms with van der Waals surface area (Å²) >= 11 is 3.55. The normalized spacial score (nSPS) is 16.3. The molecule has 5 nitrogen and oxygen atoms in total. The highest BCUT2D eigenvalue weighted by atomic mass is 79.9. The summed E-state index contributed by atoms with van der Waals surface area (Å²) in [6.45, 7) is 3.72. The first-order valence-electron chi connectivity index (χ1n) is 6.94. The fourth-order valence-electron chi connectivity index (χ4n) is 2.63. The molecule has 2 N–H and O–H groups in total. The number of amides is 1. The van der Waals surface area contributed by atoms with Gasteiger partial charge in [-0.2, -0.15) is 0 Å². The van der Waals surface area contributed by atoms with E-state index in [1.807, 2.05) is 12.1 Å². The largest absolute Gasteiger partial charge is 0.369 e. The van der Waals surface area contributed by atoms with Crippen molar-refractivity contribution >= 4 is 38.6 Å². The van der Waals surface area contributed by atoms with Crippen molar-refractivity contribution in [2.24, 2.45) is 5.73 Å². The smallest absolute Gasteiger partial charge is 0.231 e. The minimum Gasteiger partial charge on any atom is -0.369 e. The van der Waals surface area contributed by atoms with Gasteiger partial charge in [0, 0.05) is 36.0 Å². The average molecular weight is 349 g/mol. The topological polar surface area (TPSA) is 62.5 Å². The third-order valence-corrected chi connectivity index (χ3v) is 4.37. The molecule has 1 fully saturated rings. The minimum absolute atomic E-state index is 0.267. The number of para-hydroxylation sites is 1. The number of nitrogens with two attached hydrogens (primary N) is 1. The SMILES string of the molecule is NC(=O)CN1CCN(c2ccc3cccc(Br)c3n2)CC1. The van der Waals surface area contributed by atoms with E-state index in [0.29, 0.717) is 6.54 Å². The quantitative estimate of drug-likeness (QED) is 0.915. The predicted molar refractivity (Wildman–Crippen MR) is 87.3 cm³/mol. The molecule has 2 aromatic rings. The van der Waals surface area contributed by atoms with E-state index in [2.05, 4.69) is 43.9 Å². The standard InChI is InChI=1S/C15H17BrN4O/c16-12-3-1-2-11-4-5-14(18-15(11)12)20-8-6-19(7-9-20)10-13(17)21/h1-5H,6-10H2,(H2,17,21). The molecule has 1 aromatic heterocycles. The molecule has 1 aliphatic rings. The number of primary amides is 1. The molecule has 1 amide bonds. The highest BCUT2D eigenvalue weighted by Gasteiger charge is 2.19. The fourth-order valence-corrected chi connectivity index (χ4v) is 3.10. The third kappa shape index (κ3) is 3.16. The number of aromatic nitrogens is 1. The maximum Gasteiger partial charge on any atom is 0.231 e. The molecule has 1 aromatic carbocycles. The second kappa shape index (κ2) is 5.99. The van der Waals surface area contributed by atoms with E-state index < -0.39 is 0 Å². The average Bonchev–Trinajstić information content (AvgIpc) is 2.48. The number of fused-ring (bicyclic) bond motifs is 1. The molecule has 6 heteroatoms. The molecule has 1 saturated heterocycles. The van der Waals surface area contributed by atoms with Gasteiger partial charge in [-0.1, -0.05) is 12.1 Å². The summed E-state index contributed by atoms with van der Waals surface area (Å²) in [5.74, 6) is 0.712. The summed E-state index contributed by atoms with van der Waals surface area (Å²) in [7, 11) is 0. The Labute approximate surface area is 131 Å². The van der Waals surface area contributed by atoms with E-state index in [1.54, 1.807) is 0 Å². The van der Waals surface area contributed by atoms with Crippen molar-refractivity contribution in [3.63, 3.8) is 0 Å². The van der Waals surface area contributed by atoms with Crippen LogP contribution in [0.3, 0.4) is 0 Å². The van der Waals surface area contributed by atoms with Crippen LogP contribution < -0.4 is 10.6 Å². The lowest BCUT2D eigenvalue weighted by Crippen LogP contribution is -2.49. The van der Waals surface area contributed by atoms with E-state index in [0.717, 1.165) is 47.4 Å². The maximum absolute atomic E-state index is 11.0. The van der Waals surface area contributed by atoms with Gasteiger partial charge in [0.05, 0.1) is 12.1 Å². The molecule has 1 aliphatic heterocycles. The molecule has 0 atom stereocenters. The van der Waals surface area contributed by atoms with Crippen LogP contribution in [0.1, 0.15) is 0 Å². The molecule has 0 radical (unpaired) electrons. The zero-order chi connectivity index (χ0) is 14.8. The lowest BCUT2D eigenvalue weighted by Gasteiger charge is -2.34. The van der Waals surface area contributed by atoms with Gasteiger partial charge in [0.2, 0.25) is 5.91 Å². The highest BCUT2D eigenvalue weighted by Crippen LogP contribution is 2.25. The zero-order valence-electron chi connectivity index (χ0n) is 11.6. The van der Waals surface area contributed by atoms with Crippen LogP contribution >= 0.6 is 15.9 Å². The Morgan fingerprint density at radius 3 is 2.67 bits per heavy atom. The molecule has 0 bridgehead atoms. The van der Waals surface area contributed by atoms with E-state index in [4.69, 9.17) is 10.7 Å². The van der Waals surface area contributed by atoms with Gasteiger partial charge in [-0.15, -0.1) is 0 Å². The van der Waals surface area contributed by atoms with Crippen molar-refractivity contribution in [2.45, 2.75) is 0 Å². The Bertz CT molecular complexity index is 668. The van der Waals surface area contributed by atoms with Gasteiger partial charge in [-0.25, -0.2) is 4.98 Å². The number of carbonyl (C=O) groups is 1. The van der Waals surface area contributed by atoms with Crippen LogP contribution in [0.2, 0.25) is 0 Å². The minimum atomic E-state index is -0.267. The second-order valence-electron chi connectivity index (χ2n) is 5.21. The van der Waals surface area contributed by atoms with Gasteiger partial charge < -0.3 is 10.6 Å². The number of piperazine rings is 1. The first-order valence-corrected chi connectivity index (χ1v) is 7.73. The summed E-state index contributed by atoms with van der Waals surface area (Å²) in [6.07, 6.45) is 0. The van der Waals surface area contributed by atoms with Crippen molar-refractivity contribution in [3.8, 4) is 0 Å². The first kappa shape index (κ1) is 14.3. The van der Waals surface area contributed by atoms with Crippen LogP contribution in [0.4, 0.5) is 5.82 Å². The number of rotatable bonds is 3. The van der Waals surface area contributed by atoms with Crippen LogP contribution in [0.25, 0.3) is 10.9 Å². The molecule has 0 spiro atoms. The van der Waals surface area contributed by atoms with E-state index >= 15 is 0 Å². The van der Waals surface area contributed by atoms with Crippen molar-refractivity contribution < 1.29 is 4.79 Å². The van der Waals surface area contributed by atoms with Crippen molar-refractivity contribution in [3.05, 3.63) is 34.8 Å². The van der Waals surface area contributed by atoms with E-state index in [1.165, 1.54) is 0 Å². The van der Waals surface area contributed by atoms with Crippen LogP contribution in [0.15, 0.2) is 34.8 Å². The second-order valence-corrected chi connectivity index (χ2v) is 6.06. The molecular formula is C15H17BrN4O. The van der Waals surface area contributed by atoms with E-state index in [-0.39, 0.29) is 5.91 Å². The Morgan fingerprint density at radius 2 is 1.95 bits per heavy atom. The Balaban J connectivity index is 1.76. The number of benzene rings is 1. The summed E-state index contributed by atoms with van der Waals surface area (Å²) in [5, 5.41) is 1.13. The van der Waals surface area contributed by atoms with Gasteiger partial charge in [-0.05, 0) is 34.1 Å². The molecule has 3 rings (SSSR count). The summed E-state index contributed by atoms with van der Waals surface area (Å²) in [4.78, 5) is 20.0.